The number of nitrogens with zero attached hydrogens (tertiary/aromatic N) is 2. The Morgan fingerprint density at radius 1 is 1.09 bits per heavy atom. The van der Waals surface area contributed by atoms with Crippen LogP contribution in [0.3, 0.4) is 0 Å². The lowest BCUT2D eigenvalue weighted by molar-refractivity contribution is -0.141. The standard InChI is InChI=1S/C17H25N3O2/c1-5-20(6-2)16(22)17(11-12-17)15(21)18-13-7-9-14(10-8-13)19(3)4/h7-10H,5-6,11-12H2,1-4H3,(H,18,21). The molecule has 1 fully saturated rings. The minimum atomic E-state index is -0.841. The van der Waals surface area contributed by atoms with Gasteiger partial charge < -0.3 is 15.1 Å². The van der Waals surface area contributed by atoms with Gasteiger partial charge in [0.1, 0.15) is 5.41 Å². The van der Waals surface area contributed by atoms with Crippen LogP contribution < -0.4 is 10.2 Å². The van der Waals surface area contributed by atoms with Crippen molar-refractivity contribution in [2.75, 3.05) is 37.4 Å². The normalized spacial score (nSPS) is 15.1. The number of carbonyl (C=O) groups is 2. The lowest BCUT2D eigenvalue weighted by atomic mass is 10.0. The van der Waals surface area contributed by atoms with E-state index in [-0.39, 0.29) is 11.8 Å². The smallest absolute Gasteiger partial charge is 0.240 e. The first-order chi connectivity index (χ1) is 10.4. The summed E-state index contributed by atoms with van der Waals surface area (Å²) >= 11 is 0. The van der Waals surface area contributed by atoms with E-state index in [1.54, 1.807) is 4.90 Å². The van der Waals surface area contributed by atoms with Crippen molar-refractivity contribution < 1.29 is 9.59 Å². The SMILES string of the molecule is CCN(CC)C(=O)C1(C(=O)Nc2ccc(N(C)C)cc2)CC1. The highest BCUT2D eigenvalue weighted by molar-refractivity contribution is 6.13. The van der Waals surface area contributed by atoms with Crippen molar-refractivity contribution in [2.24, 2.45) is 5.41 Å². The second kappa shape index (κ2) is 6.38. The molecular weight excluding hydrogens is 278 g/mol. The quantitative estimate of drug-likeness (QED) is 0.821. The molecule has 22 heavy (non-hydrogen) atoms. The van der Waals surface area contributed by atoms with Crippen molar-refractivity contribution in [3.8, 4) is 0 Å². The number of amides is 2. The predicted molar refractivity (Wildman–Crippen MR) is 89.0 cm³/mol. The van der Waals surface area contributed by atoms with Gasteiger partial charge in [0, 0.05) is 38.6 Å². The molecule has 0 bridgehead atoms. The molecule has 0 unspecified atom stereocenters. The second-order valence-electron chi connectivity index (χ2n) is 5.95. The van der Waals surface area contributed by atoms with Crippen LogP contribution in [-0.4, -0.2) is 43.9 Å². The molecule has 120 valence electrons. The van der Waals surface area contributed by atoms with Crippen molar-refractivity contribution in [2.45, 2.75) is 26.7 Å². The van der Waals surface area contributed by atoms with Gasteiger partial charge in [0.25, 0.3) is 0 Å². The van der Waals surface area contributed by atoms with Crippen molar-refractivity contribution in [1.82, 2.24) is 4.90 Å². The van der Waals surface area contributed by atoms with E-state index in [1.165, 1.54) is 0 Å². The van der Waals surface area contributed by atoms with Gasteiger partial charge in [-0.05, 0) is 51.0 Å². The number of rotatable bonds is 6. The topological polar surface area (TPSA) is 52.7 Å². The zero-order valence-electron chi connectivity index (χ0n) is 13.8. The van der Waals surface area contributed by atoms with Crippen molar-refractivity contribution in [3.63, 3.8) is 0 Å². The van der Waals surface area contributed by atoms with Crippen LogP contribution in [0.2, 0.25) is 0 Å². The van der Waals surface area contributed by atoms with Gasteiger partial charge in [0.2, 0.25) is 11.8 Å². The molecule has 2 amide bonds. The Bertz CT molecular complexity index is 544. The summed E-state index contributed by atoms with van der Waals surface area (Å²) < 4.78 is 0. The molecule has 0 heterocycles. The Hall–Kier alpha value is -2.04. The third-order valence-corrected chi connectivity index (χ3v) is 4.29. The minimum Gasteiger partial charge on any atom is -0.378 e. The second-order valence-corrected chi connectivity index (χ2v) is 5.95. The van der Waals surface area contributed by atoms with Crippen LogP contribution in [0.5, 0.6) is 0 Å². The fraction of sp³-hybridized carbons (Fsp3) is 0.529. The van der Waals surface area contributed by atoms with Gasteiger partial charge >= 0.3 is 0 Å². The summed E-state index contributed by atoms with van der Waals surface area (Å²) in [6.45, 7) is 5.16. The van der Waals surface area contributed by atoms with Crippen molar-refractivity contribution in [1.29, 1.82) is 0 Å². The van der Waals surface area contributed by atoms with E-state index in [2.05, 4.69) is 5.32 Å². The average molecular weight is 303 g/mol. The fourth-order valence-electron chi connectivity index (χ4n) is 2.57. The van der Waals surface area contributed by atoms with Crippen LogP contribution >= 0.6 is 0 Å². The molecule has 2 rings (SSSR count). The Balaban J connectivity index is 2.07. The third-order valence-electron chi connectivity index (χ3n) is 4.29. The van der Waals surface area contributed by atoms with Gasteiger partial charge in [-0.1, -0.05) is 0 Å². The van der Waals surface area contributed by atoms with Gasteiger partial charge in [-0.25, -0.2) is 0 Å². The molecule has 1 saturated carbocycles. The number of hydrogen-bond acceptors (Lipinski definition) is 3. The van der Waals surface area contributed by atoms with E-state index in [1.807, 2.05) is 57.1 Å². The summed E-state index contributed by atoms with van der Waals surface area (Å²) in [4.78, 5) is 28.8. The fourth-order valence-corrected chi connectivity index (χ4v) is 2.57. The molecule has 5 heteroatoms. The zero-order chi connectivity index (χ0) is 16.3. The summed E-state index contributed by atoms with van der Waals surface area (Å²) in [6, 6.07) is 7.62. The summed E-state index contributed by atoms with van der Waals surface area (Å²) in [5.74, 6) is -0.220. The molecule has 0 atom stereocenters. The van der Waals surface area contributed by atoms with E-state index >= 15 is 0 Å². The molecule has 1 aromatic rings. The largest absolute Gasteiger partial charge is 0.378 e. The summed E-state index contributed by atoms with van der Waals surface area (Å²) in [7, 11) is 3.94. The van der Waals surface area contributed by atoms with Crippen LogP contribution in [0.25, 0.3) is 0 Å². The lowest BCUT2D eigenvalue weighted by Gasteiger charge is -2.24. The molecule has 0 radical (unpaired) electrons. The van der Waals surface area contributed by atoms with E-state index in [0.29, 0.717) is 25.9 Å². The van der Waals surface area contributed by atoms with Crippen LogP contribution in [0.15, 0.2) is 24.3 Å². The molecule has 1 N–H and O–H groups in total. The first-order valence-electron chi connectivity index (χ1n) is 7.83. The highest BCUT2D eigenvalue weighted by Crippen LogP contribution is 2.48. The number of nitrogens with one attached hydrogen (secondary N) is 1. The monoisotopic (exact) mass is 303 g/mol. The maximum atomic E-state index is 12.5. The number of carbonyl (C=O) groups excluding carboxylic acids is 2. The Labute approximate surface area is 132 Å². The van der Waals surface area contributed by atoms with E-state index < -0.39 is 5.41 Å². The van der Waals surface area contributed by atoms with E-state index in [0.717, 1.165) is 11.4 Å². The Kier molecular flexibility index (Phi) is 4.74. The zero-order valence-corrected chi connectivity index (χ0v) is 13.8. The predicted octanol–water partition coefficient (Wildman–Crippen LogP) is 2.34. The maximum absolute atomic E-state index is 12.5. The van der Waals surface area contributed by atoms with Crippen LogP contribution in [0.1, 0.15) is 26.7 Å². The molecule has 1 aliphatic rings. The molecule has 1 aromatic carbocycles. The number of hydrogen-bond donors (Lipinski definition) is 1. The Morgan fingerprint density at radius 3 is 2.05 bits per heavy atom. The number of benzene rings is 1. The summed E-state index contributed by atoms with van der Waals surface area (Å²) in [6.07, 6.45) is 1.29. The van der Waals surface area contributed by atoms with Crippen LogP contribution in [0, 0.1) is 5.41 Å². The molecule has 0 aliphatic heterocycles. The van der Waals surface area contributed by atoms with E-state index in [4.69, 9.17) is 0 Å². The summed E-state index contributed by atoms with van der Waals surface area (Å²) in [5, 5.41) is 2.89. The molecule has 1 aliphatic carbocycles. The lowest BCUT2D eigenvalue weighted by Crippen LogP contribution is -2.42. The summed E-state index contributed by atoms with van der Waals surface area (Å²) in [5.41, 5.74) is 0.958. The molecule has 5 nitrogen and oxygen atoms in total. The highest BCUT2D eigenvalue weighted by atomic mass is 16.2. The van der Waals surface area contributed by atoms with E-state index in [9.17, 15) is 9.59 Å². The highest BCUT2D eigenvalue weighted by Gasteiger charge is 2.57. The molecular formula is C17H25N3O2. The first-order valence-corrected chi connectivity index (χ1v) is 7.83. The van der Waals surface area contributed by atoms with Gasteiger partial charge in [-0.2, -0.15) is 0 Å². The third kappa shape index (κ3) is 3.08. The molecule has 0 spiro atoms. The van der Waals surface area contributed by atoms with Crippen molar-refractivity contribution in [3.05, 3.63) is 24.3 Å². The minimum absolute atomic E-state index is 0.0417. The van der Waals surface area contributed by atoms with Crippen LogP contribution in [-0.2, 0) is 9.59 Å². The average Bonchev–Trinajstić information content (AvgIpc) is 3.30. The maximum Gasteiger partial charge on any atom is 0.240 e. The van der Waals surface area contributed by atoms with Gasteiger partial charge in [-0.3, -0.25) is 9.59 Å². The van der Waals surface area contributed by atoms with Crippen molar-refractivity contribution >= 4 is 23.2 Å². The molecule has 0 aromatic heterocycles. The first kappa shape index (κ1) is 16.3. The number of anilines is 2. The van der Waals surface area contributed by atoms with Gasteiger partial charge in [0.05, 0.1) is 0 Å². The van der Waals surface area contributed by atoms with Gasteiger partial charge in [0.15, 0.2) is 0 Å². The Morgan fingerprint density at radius 2 is 1.64 bits per heavy atom. The van der Waals surface area contributed by atoms with Gasteiger partial charge in [-0.15, -0.1) is 0 Å². The van der Waals surface area contributed by atoms with Crippen LogP contribution in [0.4, 0.5) is 11.4 Å². The molecule has 0 saturated heterocycles.